The fraction of sp³-hybridized carbons (Fsp3) is 0.294. The minimum Gasteiger partial charge on any atom is -0.295 e. The molecule has 1 aliphatic rings. The Balaban J connectivity index is 2.66. The molecular weight excluding hydrogens is 250 g/mol. The molecule has 1 rings (SSSR count). The van der Waals surface area contributed by atoms with Crippen LogP contribution in [0.1, 0.15) is 13.3 Å². The fourth-order valence-electron chi connectivity index (χ4n) is 2.13. The van der Waals surface area contributed by atoms with E-state index in [9.17, 15) is 0 Å². The molecule has 0 fully saturated rings. The Hall–Kier alpha value is -1.25. The summed E-state index contributed by atoms with van der Waals surface area (Å²) in [4.78, 5) is 3.94. The number of hydrogen-bond donors (Lipinski definition) is 0. The Labute approximate surface area is 121 Å². The first kappa shape index (κ1) is 15.8. The topological polar surface area (TPSA) is 3.24 Å². The van der Waals surface area contributed by atoms with Crippen LogP contribution in [-0.2, 0) is 0 Å². The second-order valence-electron chi connectivity index (χ2n) is 4.52. The van der Waals surface area contributed by atoms with E-state index in [2.05, 4.69) is 43.7 Å². The molecule has 0 saturated heterocycles. The molecule has 1 nitrogen and oxygen atoms in total. The Kier molecular flexibility index (Phi) is 7.31. The molecule has 0 aromatic rings. The number of thioether (sulfide) groups is 1. The van der Waals surface area contributed by atoms with Gasteiger partial charge in [-0.25, -0.2) is 0 Å². The van der Waals surface area contributed by atoms with Crippen molar-refractivity contribution in [3.8, 4) is 0 Å². The SMILES string of the molecule is C=C/C=C\C(=C/C=C)CN1CCC(SC=C)=C(C)C1. The maximum absolute atomic E-state index is 3.79. The molecule has 102 valence electrons. The van der Waals surface area contributed by atoms with Crippen molar-refractivity contribution in [3.05, 3.63) is 71.6 Å². The molecular formula is C17H23NS. The van der Waals surface area contributed by atoms with Crippen molar-refractivity contribution in [2.75, 3.05) is 19.6 Å². The predicted molar refractivity (Wildman–Crippen MR) is 89.2 cm³/mol. The Morgan fingerprint density at radius 2 is 2.11 bits per heavy atom. The van der Waals surface area contributed by atoms with Gasteiger partial charge in [0.1, 0.15) is 0 Å². The van der Waals surface area contributed by atoms with Crippen molar-refractivity contribution >= 4 is 11.8 Å². The van der Waals surface area contributed by atoms with Crippen LogP contribution in [0.25, 0.3) is 0 Å². The van der Waals surface area contributed by atoms with Gasteiger partial charge in [0.25, 0.3) is 0 Å². The highest BCUT2D eigenvalue weighted by molar-refractivity contribution is 8.05. The molecule has 0 amide bonds. The van der Waals surface area contributed by atoms with E-state index in [4.69, 9.17) is 0 Å². The van der Waals surface area contributed by atoms with Gasteiger partial charge in [0.15, 0.2) is 0 Å². The zero-order valence-electron chi connectivity index (χ0n) is 11.8. The second kappa shape index (κ2) is 8.78. The van der Waals surface area contributed by atoms with E-state index >= 15 is 0 Å². The van der Waals surface area contributed by atoms with Crippen LogP contribution in [0, 0.1) is 0 Å². The molecule has 0 radical (unpaired) electrons. The normalized spacial score (nSPS) is 17.8. The van der Waals surface area contributed by atoms with E-state index in [1.165, 1.54) is 16.1 Å². The molecule has 0 bridgehead atoms. The molecule has 0 saturated carbocycles. The highest BCUT2D eigenvalue weighted by atomic mass is 32.2. The molecule has 19 heavy (non-hydrogen) atoms. The van der Waals surface area contributed by atoms with Crippen molar-refractivity contribution in [1.82, 2.24) is 4.90 Å². The molecule has 0 aliphatic carbocycles. The maximum Gasteiger partial charge on any atom is 0.0237 e. The first-order valence-electron chi connectivity index (χ1n) is 6.50. The van der Waals surface area contributed by atoms with Gasteiger partial charge in [-0.15, -0.1) is 11.8 Å². The third kappa shape index (κ3) is 5.50. The van der Waals surface area contributed by atoms with Crippen molar-refractivity contribution in [1.29, 1.82) is 0 Å². The molecule has 1 aliphatic heterocycles. The summed E-state index contributed by atoms with van der Waals surface area (Å²) in [6.07, 6.45) is 10.9. The van der Waals surface area contributed by atoms with Crippen molar-refractivity contribution < 1.29 is 0 Å². The van der Waals surface area contributed by atoms with Gasteiger partial charge in [-0.2, -0.15) is 0 Å². The second-order valence-corrected chi connectivity index (χ2v) is 5.58. The predicted octanol–water partition coefficient (Wildman–Crippen LogP) is 4.70. The molecule has 0 aromatic heterocycles. The zero-order valence-corrected chi connectivity index (χ0v) is 12.6. The molecule has 1 heterocycles. The van der Waals surface area contributed by atoms with Gasteiger partial charge in [-0.05, 0) is 34.8 Å². The molecule has 0 atom stereocenters. The van der Waals surface area contributed by atoms with Gasteiger partial charge < -0.3 is 0 Å². The van der Waals surface area contributed by atoms with Crippen LogP contribution >= 0.6 is 11.8 Å². The van der Waals surface area contributed by atoms with Crippen LogP contribution < -0.4 is 0 Å². The van der Waals surface area contributed by atoms with E-state index in [0.717, 1.165) is 26.1 Å². The fourth-order valence-corrected chi connectivity index (χ4v) is 2.81. The highest BCUT2D eigenvalue weighted by Gasteiger charge is 2.16. The molecule has 0 aromatic carbocycles. The quantitative estimate of drug-likeness (QED) is 0.619. The number of nitrogens with zero attached hydrogens (tertiary/aromatic N) is 1. The van der Waals surface area contributed by atoms with E-state index < -0.39 is 0 Å². The maximum atomic E-state index is 3.79. The summed E-state index contributed by atoms with van der Waals surface area (Å²) in [5.74, 6) is 0. The summed E-state index contributed by atoms with van der Waals surface area (Å²) >= 11 is 1.76. The molecule has 0 spiro atoms. The third-order valence-electron chi connectivity index (χ3n) is 3.00. The number of allylic oxidation sites excluding steroid dienone is 4. The smallest absolute Gasteiger partial charge is 0.0237 e. The average Bonchev–Trinajstić information content (AvgIpc) is 2.39. The summed E-state index contributed by atoms with van der Waals surface area (Å²) in [5.41, 5.74) is 2.73. The first-order chi connectivity index (χ1) is 9.21. The lowest BCUT2D eigenvalue weighted by molar-refractivity contribution is 0.315. The molecule has 2 heteroatoms. The van der Waals surface area contributed by atoms with Crippen molar-refractivity contribution in [2.24, 2.45) is 0 Å². The standard InChI is InChI=1S/C17H23NS/c1-5-8-10-16(9-6-2)14-18-12-11-17(19-7-3)15(4)13-18/h5-10H,1-3,11-14H2,4H3/b10-8-,16-9+. The van der Waals surface area contributed by atoms with Crippen molar-refractivity contribution in [3.63, 3.8) is 0 Å². The van der Waals surface area contributed by atoms with Gasteiger partial charge in [-0.1, -0.05) is 50.1 Å². The van der Waals surface area contributed by atoms with Crippen molar-refractivity contribution in [2.45, 2.75) is 13.3 Å². The van der Waals surface area contributed by atoms with Gasteiger partial charge >= 0.3 is 0 Å². The summed E-state index contributed by atoms with van der Waals surface area (Å²) in [6.45, 7) is 16.6. The van der Waals surface area contributed by atoms with Crippen LogP contribution in [-0.4, -0.2) is 24.5 Å². The van der Waals surface area contributed by atoms with Gasteiger partial charge in [0.2, 0.25) is 0 Å². The minimum absolute atomic E-state index is 0.958. The summed E-state index contributed by atoms with van der Waals surface area (Å²) in [6, 6.07) is 0. The van der Waals surface area contributed by atoms with Gasteiger partial charge in [0.05, 0.1) is 0 Å². The number of rotatable bonds is 7. The van der Waals surface area contributed by atoms with Gasteiger partial charge in [0, 0.05) is 19.6 Å². The monoisotopic (exact) mass is 273 g/mol. The highest BCUT2D eigenvalue weighted by Crippen LogP contribution is 2.28. The minimum atomic E-state index is 0.958. The zero-order chi connectivity index (χ0) is 14.1. The van der Waals surface area contributed by atoms with E-state index in [1.807, 2.05) is 17.6 Å². The van der Waals surface area contributed by atoms with Gasteiger partial charge in [-0.3, -0.25) is 4.90 Å². The summed E-state index contributed by atoms with van der Waals surface area (Å²) in [7, 11) is 0. The summed E-state index contributed by atoms with van der Waals surface area (Å²) in [5, 5.41) is 1.92. The Bertz CT molecular complexity index is 427. The largest absolute Gasteiger partial charge is 0.295 e. The van der Waals surface area contributed by atoms with E-state index in [-0.39, 0.29) is 0 Å². The van der Waals surface area contributed by atoms with Crippen LogP contribution in [0.4, 0.5) is 0 Å². The Morgan fingerprint density at radius 3 is 2.68 bits per heavy atom. The first-order valence-corrected chi connectivity index (χ1v) is 7.38. The van der Waals surface area contributed by atoms with Crippen LogP contribution in [0.5, 0.6) is 0 Å². The lowest BCUT2D eigenvalue weighted by atomic mass is 10.1. The molecule has 0 N–H and O–H groups in total. The third-order valence-corrected chi connectivity index (χ3v) is 4.01. The van der Waals surface area contributed by atoms with Crippen LogP contribution in [0.2, 0.25) is 0 Å². The molecule has 0 unspecified atom stereocenters. The van der Waals surface area contributed by atoms with E-state index in [1.54, 1.807) is 17.8 Å². The van der Waals surface area contributed by atoms with Crippen LogP contribution in [0.15, 0.2) is 71.6 Å². The lowest BCUT2D eigenvalue weighted by Gasteiger charge is -2.29. The lowest BCUT2D eigenvalue weighted by Crippen LogP contribution is -2.32. The Morgan fingerprint density at radius 1 is 1.32 bits per heavy atom. The average molecular weight is 273 g/mol. The summed E-state index contributed by atoms with van der Waals surface area (Å²) < 4.78 is 0. The number of hydrogen-bond acceptors (Lipinski definition) is 2. The van der Waals surface area contributed by atoms with E-state index in [0.29, 0.717) is 0 Å². The van der Waals surface area contributed by atoms with Crippen LogP contribution in [0.3, 0.4) is 0 Å².